The second-order valence-corrected chi connectivity index (χ2v) is 11.3. The first-order chi connectivity index (χ1) is 18.0. The van der Waals surface area contributed by atoms with Crippen LogP contribution in [-0.2, 0) is 22.4 Å². The van der Waals surface area contributed by atoms with Crippen molar-refractivity contribution >= 4 is 34.6 Å². The molecule has 38 heavy (non-hydrogen) atoms. The Morgan fingerprint density at radius 3 is 2.16 bits per heavy atom. The molecule has 0 bridgehead atoms. The van der Waals surface area contributed by atoms with Gasteiger partial charge in [-0.2, -0.15) is 0 Å². The number of likely N-dealkylation sites (tertiary alicyclic amines) is 1. The molecule has 1 aliphatic heterocycles. The third-order valence-electron chi connectivity index (χ3n) is 6.35. The molecule has 1 amide bonds. The number of carboxylic acids is 1. The van der Waals surface area contributed by atoms with Crippen molar-refractivity contribution in [3.05, 3.63) is 63.9 Å². The van der Waals surface area contributed by atoms with Crippen molar-refractivity contribution in [3.8, 4) is 5.75 Å². The van der Waals surface area contributed by atoms with Gasteiger partial charge in [0, 0.05) is 36.8 Å². The summed E-state index contributed by atoms with van der Waals surface area (Å²) in [5.41, 5.74) is 7.37. The number of amides is 1. The predicted molar refractivity (Wildman–Crippen MR) is 143 cm³/mol. The van der Waals surface area contributed by atoms with Crippen molar-refractivity contribution < 1.29 is 32.6 Å². The summed E-state index contributed by atoms with van der Waals surface area (Å²) in [6.07, 6.45) is 5.97. The second kappa shape index (κ2) is 14.0. The number of primary amides is 1. The quantitative estimate of drug-likeness (QED) is 0.466. The maximum Gasteiger partial charge on any atom is 0.300 e. The Hall–Kier alpha value is -2.53. The molecule has 2 saturated carbocycles. The summed E-state index contributed by atoms with van der Waals surface area (Å²) < 4.78 is 39.9. The molecule has 1 heterocycles. The van der Waals surface area contributed by atoms with Gasteiger partial charge in [-0.05, 0) is 92.0 Å². The van der Waals surface area contributed by atoms with Crippen LogP contribution in [-0.4, -0.2) is 55.1 Å². The normalized spacial score (nSPS) is 18.3. The number of carbonyl (C=O) groups excluding carboxylic acids is 1. The lowest BCUT2D eigenvalue weighted by Crippen LogP contribution is -2.38. The summed E-state index contributed by atoms with van der Waals surface area (Å²) in [6, 6.07) is 10.6. The number of aliphatic carboxylic acids is 1. The monoisotopic (exact) mass is 567 g/mol. The average Bonchev–Trinajstić information content (AvgIpc) is 3.75. The molecule has 2 aromatic rings. The Morgan fingerprint density at radius 2 is 1.71 bits per heavy atom. The average molecular weight is 568 g/mol. The van der Waals surface area contributed by atoms with Crippen LogP contribution in [0.3, 0.4) is 0 Å². The third kappa shape index (κ3) is 9.98. The van der Waals surface area contributed by atoms with Crippen LogP contribution in [0, 0.1) is 5.82 Å². The van der Waals surface area contributed by atoms with E-state index in [0.29, 0.717) is 17.5 Å². The molecular weight excluding hydrogens is 535 g/mol. The van der Waals surface area contributed by atoms with Gasteiger partial charge in [-0.15, -0.1) is 0 Å². The second-order valence-electron chi connectivity index (χ2n) is 9.70. The van der Waals surface area contributed by atoms with E-state index >= 15 is 0 Å². The van der Waals surface area contributed by atoms with E-state index in [2.05, 4.69) is 4.90 Å². The van der Waals surface area contributed by atoms with Gasteiger partial charge in [0.15, 0.2) is 0 Å². The molecule has 1 saturated heterocycles. The number of halogens is 2. The number of nitrogens with two attached hydrogens (primary N) is 1. The maximum absolute atomic E-state index is 14.3. The number of hydrogen-bond donors (Lipinski definition) is 2. The van der Waals surface area contributed by atoms with Crippen molar-refractivity contribution in [2.45, 2.75) is 69.3 Å². The minimum absolute atomic E-state index is 0.000669. The van der Waals surface area contributed by atoms with E-state index in [1.165, 1.54) is 6.07 Å². The fourth-order valence-electron chi connectivity index (χ4n) is 4.12. The van der Waals surface area contributed by atoms with E-state index in [1.54, 1.807) is 6.07 Å². The first-order valence-corrected chi connectivity index (χ1v) is 14.1. The van der Waals surface area contributed by atoms with E-state index in [9.17, 15) is 17.9 Å². The molecular formula is C27H33ClFN2O6S-. The maximum atomic E-state index is 14.3. The van der Waals surface area contributed by atoms with Crippen LogP contribution in [0.25, 0.3) is 0 Å². The number of ether oxygens (including phenoxy) is 1. The Balaban J connectivity index is 0.000000338. The van der Waals surface area contributed by atoms with Gasteiger partial charge in [0.2, 0.25) is 0 Å². The van der Waals surface area contributed by atoms with Crippen molar-refractivity contribution in [2.75, 3.05) is 13.1 Å². The van der Waals surface area contributed by atoms with Crippen LogP contribution >= 0.6 is 11.6 Å². The molecule has 208 valence electrons. The molecule has 3 aliphatic rings. The first kappa shape index (κ1) is 30.0. The molecule has 3 fully saturated rings. The zero-order valence-electron chi connectivity index (χ0n) is 21.2. The van der Waals surface area contributed by atoms with Gasteiger partial charge in [-0.25, -0.2) is 4.39 Å². The molecule has 0 aromatic heterocycles. The Kier molecular flexibility index (Phi) is 11.1. The van der Waals surface area contributed by atoms with Gasteiger partial charge in [-0.3, -0.25) is 18.7 Å². The lowest BCUT2D eigenvalue weighted by Gasteiger charge is -2.32. The minimum Gasteiger partial charge on any atom is -0.772 e. The number of benzene rings is 2. The number of carboxylic acid groups (broad SMARTS) is 1. The highest BCUT2D eigenvalue weighted by atomic mass is 35.5. The summed E-state index contributed by atoms with van der Waals surface area (Å²) in [5, 5.41) is 8.13. The third-order valence-corrected chi connectivity index (χ3v) is 7.62. The van der Waals surface area contributed by atoms with Crippen LogP contribution in [0.4, 0.5) is 4.39 Å². The number of piperidine rings is 1. The minimum atomic E-state index is -1.76. The lowest BCUT2D eigenvalue weighted by molar-refractivity contribution is -0.134. The van der Waals surface area contributed by atoms with Crippen molar-refractivity contribution in [2.24, 2.45) is 5.73 Å². The molecule has 0 spiro atoms. The van der Waals surface area contributed by atoms with Gasteiger partial charge in [0.25, 0.3) is 11.9 Å². The van der Waals surface area contributed by atoms with E-state index in [0.717, 1.165) is 75.4 Å². The van der Waals surface area contributed by atoms with Gasteiger partial charge in [0.1, 0.15) is 17.7 Å². The summed E-state index contributed by atoms with van der Waals surface area (Å²) >= 11 is 4.16. The van der Waals surface area contributed by atoms with Crippen LogP contribution in [0.1, 0.15) is 72.9 Å². The molecule has 2 aromatic carbocycles. The molecule has 11 heteroatoms. The van der Waals surface area contributed by atoms with E-state index in [4.69, 9.17) is 32.0 Å². The van der Waals surface area contributed by atoms with Crippen LogP contribution in [0.15, 0.2) is 36.4 Å². The summed E-state index contributed by atoms with van der Waals surface area (Å²) in [6.45, 7) is 3.55. The Bertz CT molecular complexity index is 1130. The largest absolute Gasteiger partial charge is 0.772 e. The number of carbonyl (C=O) groups is 2. The van der Waals surface area contributed by atoms with E-state index in [1.807, 2.05) is 24.3 Å². The zero-order valence-corrected chi connectivity index (χ0v) is 22.8. The highest BCUT2D eigenvalue weighted by molar-refractivity contribution is 7.80. The van der Waals surface area contributed by atoms with Crippen molar-refractivity contribution in [3.63, 3.8) is 0 Å². The fourth-order valence-corrected chi connectivity index (χ4v) is 4.77. The molecule has 8 nitrogen and oxygen atoms in total. The smallest absolute Gasteiger partial charge is 0.300 e. The Morgan fingerprint density at radius 1 is 1.13 bits per heavy atom. The number of nitrogens with zero attached hydrogens (tertiary/aromatic N) is 1. The standard InChI is InChI=1S/C22H24ClFN2O2.C3H6O2S.C2H4O2/c23-16-3-5-17(6-4-16)28-18-7-9-26(10-8-18)13-15-11-21(24)20(22(25)27)12-19(15)14-1-2-14;4-6(5)3-1-2-3;1-2(3)4/h3-6,11-12,14,18H,1-2,7-10,13H2,(H2,25,27);3H,1-2H2,(H,4,5);1H3,(H,3,4)/p-1. The fraction of sp³-hybridized carbons (Fsp3) is 0.481. The van der Waals surface area contributed by atoms with Gasteiger partial charge < -0.3 is 20.1 Å². The summed E-state index contributed by atoms with van der Waals surface area (Å²) in [7, 11) is 0. The molecule has 5 rings (SSSR count). The molecule has 3 N–H and O–H groups in total. The van der Waals surface area contributed by atoms with Crippen molar-refractivity contribution in [1.82, 2.24) is 4.90 Å². The summed E-state index contributed by atoms with van der Waals surface area (Å²) in [4.78, 5) is 22.8. The molecule has 1 atom stereocenters. The number of rotatable bonds is 7. The molecule has 2 aliphatic carbocycles. The Labute approximate surface area is 229 Å². The van der Waals surface area contributed by atoms with Crippen molar-refractivity contribution in [1.29, 1.82) is 0 Å². The summed E-state index contributed by atoms with van der Waals surface area (Å²) in [5.74, 6) is -0.790. The molecule has 0 radical (unpaired) electrons. The van der Waals surface area contributed by atoms with Crippen LogP contribution in [0.2, 0.25) is 5.02 Å². The van der Waals surface area contributed by atoms with E-state index in [-0.39, 0.29) is 16.9 Å². The zero-order chi connectivity index (χ0) is 27.8. The SMILES string of the molecule is CC(=O)O.NC(=O)c1cc(C2CC2)c(CN2CCC(Oc3ccc(Cl)cc3)CC2)cc1F.O=S([O-])C1CC1. The van der Waals surface area contributed by atoms with E-state index < -0.39 is 28.8 Å². The highest BCUT2D eigenvalue weighted by Gasteiger charge is 2.29. The molecule has 1 unspecified atom stereocenters. The van der Waals surface area contributed by atoms with Gasteiger partial charge in [0.05, 0.1) is 5.56 Å². The topological polar surface area (TPSA) is 133 Å². The first-order valence-electron chi connectivity index (χ1n) is 12.6. The van der Waals surface area contributed by atoms with Gasteiger partial charge in [-0.1, -0.05) is 22.7 Å². The van der Waals surface area contributed by atoms with Crippen LogP contribution < -0.4 is 10.5 Å². The lowest BCUT2D eigenvalue weighted by atomic mass is 9.97. The highest BCUT2D eigenvalue weighted by Crippen LogP contribution is 2.43. The van der Waals surface area contributed by atoms with Crippen LogP contribution in [0.5, 0.6) is 5.75 Å². The predicted octanol–water partition coefficient (Wildman–Crippen LogP) is 4.62. The van der Waals surface area contributed by atoms with Gasteiger partial charge >= 0.3 is 0 Å². The number of hydrogen-bond acceptors (Lipinski definition) is 6.